The van der Waals surface area contributed by atoms with Crippen molar-refractivity contribution in [2.75, 3.05) is 13.1 Å². The summed E-state index contributed by atoms with van der Waals surface area (Å²) >= 11 is 2.22. The number of nitrogens with one attached hydrogen (secondary N) is 4. The largest absolute Gasteiger partial charge is 0.356 e. The Kier molecular flexibility index (Phi) is 7.45. The van der Waals surface area contributed by atoms with Crippen molar-refractivity contribution in [3.05, 3.63) is 0 Å². The molecular weight excluding hydrogens is 380 g/mol. The lowest BCUT2D eigenvalue weighted by Gasteiger charge is -2.04. The van der Waals surface area contributed by atoms with Crippen molar-refractivity contribution in [2.24, 2.45) is 10.2 Å². The average molecular weight is 400 g/mol. The molecule has 2 atom stereocenters. The highest BCUT2D eigenvalue weighted by Crippen LogP contribution is 2.24. The quantitative estimate of drug-likeness (QED) is 0.409. The molecule has 0 unspecified atom stereocenters. The third kappa shape index (κ3) is 5.73. The van der Waals surface area contributed by atoms with Gasteiger partial charge in [-0.1, -0.05) is 23.5 Å². The maximum absolute atomic E-state index is 11.8. The molecule has 0 radical (unpaired) electrons. The highest BCUT2D eigenvalue weighted by molar-refractivity contribution is 8.16. The number of amides is 4. The van der Waals surface area contributed by atoms with Gasteiger partial charge in [0.15, 0.2) is 10.3 Å². The molecule has 0 aliphatic carbocycles. The number of thioether (sulfide) groups is 2. The van der Waals surface area contributed by atoms with E-state index in [0.29, 0.717) is 13.1 Å². The van der Waals surface area contributed by atoms with Gasteiger partial charge in [-0.25, -0.2) is 0 Å². The lowest BCUT2D eigenvalue weighted by molar-refractivity contribution is -0.125. The van der Waals surface area contributed by atoms with E-state index in [4.69, 9.17) is 0 Å². The third-order valence-corrected chi connectivity index (χ3v) is 5.42. The molecule has 0 aromatic rings. The van der Waals surface area contributed by atoms with Crippen molar-refractivity contribution in [1.82, 2.24) is 21.3 Å². The molecular formula is C14H20N6O4S2. The SMILES string of the molecule is CCNC(=O)C[C@@H]1S/C(=N/N=C2\NC(=O)[C@@H](CC(=O)NCC)S2)NC1=O. The van der Waals surface area contributed by atoms with E-state index in [2.05, 4.69) is 31.5 Å². The number of carbonyl (C=O) groups excluding carboxylic acids is 4. The van der Waals surface area contributed by atoms with Crippen LogP contribution >= 0.6 is 23.5 Å². The summed E-state index contributed by atoms with van der Waals surface area (Å²) < 4.78 is 0. The first kappa shape index (κ1) is 20.2. The van der Waals surface area contributed by atoms with Gasteiger partial charge in [0.1, 0.15) is 10.5 Å². The van der Waals surface area contributed by atoms with Gasteiger partial charge < -0.3 is 21.3 Å². The van der Waals surface area contributed by atoms with Crippen molar-refractivity contribution in [3.8, 4) is 0 Å². The van der Waals surface area contributed by atoms with Gasteiger partial charge in [0.25, 0.3) is 0 Å². The predicted molar refractivity (Wildman–Crippen MR) is 101 cm³/mol. The Hall–Kier alpha value is -2.08. The van der Waals surface area contributed by atoms with Gasteiger partial charge >= 0.3 is 0 Å². The molecule has 12 heteroatoms. The van der Waals surface area contributed by atoms with Gasteiger partial charge in [0.05, 0.1) is 0 Å². The first-order valence-electron chi connectivity index (χ1n) is 8.07. The first-order valence-corrected chi connectivity index (χ1v) is 9.82. The summed E-state index contributed by atoms with van der Waals surface area (Å²) in [5.41, 5.74) is 0. The summed E-state index contributed by atoms with van der Waals surface area (Å²) in [5.74, 6) is -1.03. The van der Waals surface area contributed by atoms with E-state index in [0.717, 1.165) is 23.5 Å². The van der Waals surface area contributed by atoms with Crippen LogP contribution < -0.4 is 21.3 Å². The van der Waals surface area contributed by atoms with Crippen molar-refractivity contribution in [1.29, 1.82) is 0 Å². The lowest BCUT2D eigenvalue weighted by atomic mass is 10.3. The minimum Gasteiger partial charge on any atom is -0.356 e. The van der Waals surface area contributed by atoms with Crippen LogP contribution in [0.15, 0.2) is 10.2 Å². The second-order valence-corrected chi connectivity index (χ2v) is 7.70. The molecule has 0 bridgehead atoms. The van der Waals surface area contributed by atoms with Crippen molar-refractivity contribution in [3.63, 3.8) is 0 Å². The van der Waals surface area contributed by atoms with Crippen LogP contribution in [0.1, 0.15) is 26.7 Å². The molecule has 142 valence electrons. The number of carbonyl (C=O) groups is 4. The van der Waals surface area contributed by atoms with Crippen LogP contribution in [0.3, 0.4) is 0 Å². The summed E-state index contributed by atoms with van der Waals surface area (Å²) in [5, 5.41) is 17.6. The summed E-state index contributed by atoms with van der Waals surface area (Å²) in [6, 6.07) is 0. The fraction of sp³-hybridized carbons (Fsp3) is 0.571. The molecule has 26 heavy (non-hydrogen) atoms. The molecule has 2 aliphatic heterocycles. The van der Waals surface area contributed by atoms with Crippen LogP contribution in [-0.2, 0) is 19.2 Å². The molecule has 0 spiro atoms. The molecule has 2 saturated heterocycles. The minimum atomic E-state index is -0.559. The third-order valence-electron chi connectivity index (χ3n) is 3.27. The molecule has 0 aromatic heterocycles. The zero-order valence-corrected chi connectivity index (χ0v) is 16.0. The second kappa shape index (κ2) is 9.57. The topological polar surface area (TPSA) is 141 Å². The molecule has 2 rings (SSSR count). The zero-order chi connectivity index (χ0) is 19.1. The molecule has 2 fully saturated rings. The molecule has 4 amide bonds. The Morgan fingerprint density at radius 1 is 0.885 bits per heavy atom. The number of hydrogen-bond acceptors (Lipinski definition) is 8. The van der Waals surface area contributed by atoms with E-state index in [1.54, 1.807) is 13.8 Å². The van der Waals surface area contributed by atoms with E-state index in [1.807, 2.05) is 0 Å². The van der Waals surface area contributed by atoms with Gasteiger partial charge in [0, 0.05) is 25.9 Å². The van der Waals surface area contributed by atoms with Crippen LogP contribution in [-0.4, -0.2) is 57.6 Å². The molecule has 0 aromatic carbocycles. The molecule has 2 heterocycles. The van der Waals surface area contributed by atoms with E-state index in [1.165, 1.54) is 0 Å². The lowest BCUT2D eigenvalue weighted by Crippen LogP contribution is -2.31. The summed E-state index contributed by atoms with van der Waals surface area (Å²) in [7, 11) is 0. The summed E-state index contributed by atoms with van der Waals surface area (Å²) in [6.45, 7) is 4.60. The Morgan fingerprint density at radius 3 is 1.62 bits per heavy atom. The average Bonchev–Trinajstić information content (AvgIpc) is 3.09. The van der Waals surface area contributed by atoms with Gasteiger partial charge in [-0.2, -0.15) is 0 Å². The van der Waals surface area contributed by atoms with Crippen LogP contribution in [0.5, 0.6) is 0 Å². The number of rotatable bonds is 7. The molecule has 10 nitrogen and oxygen atoms in total. The molecule has 2 aliphatic rings. The highest BCUT2D eigenvalue weighted by Gasteiger charge is 2.34. The Bertz CT molecular complexity index is 610. The number of hydrogen-bond donors (Lipinski definition) is 4. The van der Waals surface area contributed by atoms with Crippen LogP contribution in [0, 0.1) is 0 Å². The van der Waals surface area contributed by atoms with Crippen LogP contribution in [0.2, 0.25) is 0 Å². The standard InChI is InChI=1S/C14H20N6O4S2/c1-3-15-9(21)5-7-11(23)17-13(25-7)19-20-14-18-12(24)8(26-14)6-10(22)16-4-2/h7-8H,3-6H2,1-2H3,(H,15,21)(H,16,22)(H,17,19,23)(H,18,20,24)/t7-,8+. The van der Waals surface area contributed by atoms with Crippen molar-refractivity contribution in [2.45, 2.75) is 37.2 Å². The van der Waals surface area contributed by atoms with E-state index in [9.17, 15) is 19.2 Å². The monoisotopic (exact) mass is 400 g/mol. The minimum absolute atomic E-state index is 0.0556. The first-order chi connectivity index (χ1) is 12.4. The summed E-state index contributed by atoms with van der Waals surface area (Å²) in [6.07, 6.45) is 0.111. The van der Waals surface area contributed by atoms with E-state index in [-0.39, 0.29) is 46.8 Å². The molecule has 0 saturated carbocycles. The fourth-order valence-electron chi connectivity index (χ4n) is 2.14. The Morgan fingerprint density at radius 2 is 1.27 bits per heavy atom. The number of amidine groups is 2. The van der Waals surface area contributed by atoms with Gasteiger partial charge in [0.2, 0.25) is 23.6 Å². The smallest absolute Gasteiger partial charge is 0.240 e. The van der Waals surface area contributed by atoms with Crippen LogP contribution in [0.25, 0.3) is 0 Å². The Balaban J connectivity index is 1.90. The highest BCUT2D eigenvalue weighted by atomic mass is 32.2. The van der Waals surface area contributed by atoms with Crippen molar-refractivity contribution >= 4 is 57.5 Å². The zero-order valence-electron chi connectivity index (χ0n) is 14.3. The molecule has 4 N–H and O–H groups in total. The fourth-order valence-corrected chi connectivity index (χ4v) is 3.97. The summed E-state index contributed by atoms with van der Waals surface area (Å²) in [4.78, 5) is 46.8. The van der Waals surface area contributed by atoms with Crippen molar-refractivity contribution < 1.29 is 19.2 Å². The maximum Gasteiger partial charge on any atom is 0.240 e. The number of nitrogens with zero attached hydrogens (tertiary/aromatic N) is 2. The second-order valence-electron chi connectivity index (χ2n) is 5.32. The normalized spacial score (nSPS) is 25.3. The van der Waals surface area contributed by atoms with E-state index >= 15 is 0 Å². The van der Waals surface area contributed by atoms with Gasteiger partial charge in [-0.15, -0.1) is 10.2 Å². The van der Waals surface area contributed by atoms with Gasteiger partial charge in [-0.05, 0) is 13.8 Å². The Labute approximate surface area is 158 Å². The van der Waals surface area contributed by atoms with E-state index < -0.39 is 10.5 Å². The predicted octanol–water partition coefficient (Wildman–Crippen LogP) is -0.871. The van der Waals surface area contributed by atoms with Gasteiger partial charge in [-0.3, -0.25) is 19.2 Å². The van der Waals surface area contributed by atoms with Crippen LogP contribution in [0.4, 0.5) is 0 Å². The maximum atomic E-state index is 11.8.